The molecule has 21 heavy (non-hydrogen) atoms. The quantitative estimate of drug-likeness (QED) is 0.571. The minimum absolute atomic E-state index is 0.0695. The summed E-state index contributed by atoms with van der Waals surface area (Å²) in [4.78, 5) is 17.9. The van der Waals surface area contributed by atoms with Gasteiger partial charge in [-0.15, -0.1) is 0 Å². The molecule has 0 amide bonds. The van der Waals surface area contributed by atoms with Crippen molar-refractivity contribution in [1.82, 2.24) is 14.5 Å². The molecule has 0 radical (unpaired) electrons. The molecule has 106 valence electrons. The van der Waals surface area contributed by atoms with Gasteiger partial charge in [-0.2, -0.15) is 0 Å². The van der Waals surface area contributed by atoms with Crippen molar-refractivity contribution in [2.24, 2.45) is 0 Å². The van der Waals surface area contributed by atoms with Crippen LogP contribution >= 0.6 is 0 Å². The number of hydrogen-bond acceptors (Lipinski definition) is 4. The summed E-state index contributed by atoms with van der Waals surface area (Å²) >= 11 is 0. The molecular formula is C13H11BFN3O3. The van der Waals surface area contributed by atoms with Gasteiger partial charge < -0.3 is 19.6 Å². The lowest BCUT2D eigenvalue weighted by Gasteiger charge is -2.06. The number of aromatic nitrogens is 3. The molecule has 0 atom stereocenters. The number of fused-ring (bicyclic) bond motifs is 1. The molecule has 0 saturated heterocycles. The first-order chi connectivity index (χ1) is 10.1. The first-order valence-corrected chi connectivity index (χ1v) is 6.23. The molecule has 0 aliphatic rings. The predicted octanol–water partition coefficient (Wildman–Crippen LogP) is -0.408. The number of hydrogen-bond donors (Lipinski definition) is 3. The smallest absolute Gasteiger partial charge is 0.423 e. The minimum Gasteiger partial charge on any atom is -0.423 e. The van der Waals surface area contributed by atoms with Gasteiger partial charge in [-0.25, -0.2) is 9.37 Å². The Hall–Kier alpha value is -2.45. The summed E-state index contributed by atoms with van der Waals surface area (Å²) in [5, 5.41) is 18.0. The highest BCUT2D eigenvalue weighted by Gasteiger charge is 2.14. The van der Waals surface area contributed by atoms with Crippen molar-refractivity contribution < 1.29 is 14.4 Å². The van der Waals surface area contributed by atoms with Gasteiger partial charge in [0.2, 0.25) is 0 Å². The third kappa shape index (κ3) is 2.46. The van der Waals surface area contributed by atoms with Crippen LogP contribution in [0.4, 0.5) is 4.39 Å². The van der Waals surface area contributed by atoms with Crippen LogP contribution in [0.15, 0.2) is 41.6 Å². The van der Waals surface area contributed by atoms with Crippen molar-refractivity contribution in [3.8, 4) is 0 Å². The summed E-state index contributed by atoms with van der Waals surface area (Å²) < 4.78 is 15.3. The third-order valence-corrected chi connectivity index (χ3v) is 3.24. The Kier molecular flexibility index (Phi) is 3.32. The molecule has 1 aromatic carbocycles. The van der Waals surface area contributed by atoms with Gasteiger partial charge in [0.25, 0.3) is 5.56 Å². The monoisotopic (exact) mass is 287 g/mol. The molecule has 8 heteroatoms. The third-order valence-electron chi connectivity index (χ3n) is 3.24. The molecule has 0 unspecified atom stereocenters. The van der Waals surface area contributed by atoms with Crippen molar-refractivity contribution in [2.45, 2.75) is 6.54 Å². The fraction of sp³-hybridized carbons (Fsp3) is 0.0769. The zero-order valence-corrected chi connectivity index (χ0v) is 10.8. The SMILES string of the molecule is O=c1[nH]cnc2c1c(F)cn2Cc1ccc(B(O)O)cc1. The average Bonchev–Trinajstić information content (AvgIpc) is 2.77. The molecule has 0 saturated carbocycles. The molecule has 3 N–H and O–H groups in total. The topological polar surface area (TPSA) is 91.1 Å². The number of nitrogens with zero attached hydrogens (tertiary/aromatic N) is 2. The Labute approximate surface area is 118 Å². The van der Waals surface area contributed by atoms with Crippen molar-refractivity contribution in [3.63, 3.8) is 0 Å². The lowest BCUT2D eigenvalue weighted by atomic mass is 9.80. The predicted molar refractivity (Wildman–Crippen MR) is 75.7 cm³/mol. The summed E-state index contributed by atoms with van der Waals surface area (Å²) in [5.74, 6) is -0.623. The van der Waals surface area contributed by atoms with E-state index in [2.05, 4.69) is 9.97 Å². The summed E-state index contributed by atoms with van der Waals surface area (Å²) in [6.45, 7) is 0.318. The maximum atomic E-state index is 13.8. The molecule has 0 fully saturated rings. The van der Waals surface area contributed by atoms with Crippen LogP contribution in [0.25, 0.3) is 11.0 Å². The molecule has 3 rings (SSSR count). The van der Waals surface area contributed by atoms with Crippen LogP contribution in [0.3, 0.4) is 0 Å². The van der Waals surface area contributed by atoms with Gasteiger partial charge in [0.05, 0.1) is 6.33 Å². The molecular weight excluding hydrogens is 276 g/mol. The van der Waals surface area contributed by atoms with Crippen LogP contribution in [-0.4, -0.2) is 31.7 Å². The van der Waals surface area contributed by atoms with Gasteiger partial charge in [-0.05, 0) is 11.0 Å². The van der Waals surface area contributed by atoms with Gasteiger partial charge in [0, 0.05) is 12.7 Å². The highest BCUT2D eigenvalue weighted by Crippen LogP contribution is 2.15. The first-order valence-electron chi connectivity index (χ1n) is 6.23. The van der Waals surface area contributed by atoms with Gasteiger partial charge >= 0.3 is 7.12 Å². The van der Waals surface area contributed by atoms with E-state index in [0.717, 1.165) is 5.56 Å². The summed E-state index contributed by atoms with van der Waals surface area (Å²) in [6, 6.07) is 6.54. The molecule has 0 bridgehead atoms. The van der Waals surface area contributed by atoms with Crippen molar-refractivity contribution in [2.75, 3.05) is 0 Å². The van der Waals surface area contributed by atoms with E-state index in [0.29, 0.717) is 12.0 Å². The largest absolute Gasteiger partial charge is 0.488 e. The minimum atomic E-state index is -1.52. The standard InChI is InChI=1S/C13H11BFN3O3/c15-10-6-18(12-11(10)13(19)17-7-16-12)5-8-1-3-9(4-2-8)14(20)21/h1-4,6-7,20-21H,5H2,(H,16,17,19). The van der Waals surface area contributed by atoms with Crippen molar-refractivity contribution in [3.05, 3.63) is 58.5 Å². The number of nitrogens with one attached hydrogen (secondary N) is 1. The van der Waals surface area contributed by atoms with E-state index in [1.807, 2.05) is 0 Å². The number of halogens is 1. The highest BCUT2D eigenvalue weighted by molar-refractivity contribution is 6.58. The van der Waals surface area contributed by atoms with Gasteiger partial charge in [0.1, 0.15) is 5.39 Å². The number of rotatable bonds is 3. The highest BCUT2D eigenvalue weighted by atomic mass is 19.1. The van der Waals surface area contributed by atoms with E-state index in [-0.39, 0.29) is 11.0 Å². The second-order valence-corrected chi connectivity index (χ2v) is 4.65. The van der Waals surface area contributed by atoms with E-state index in [9.17, 15) is 9.18 Å². The Bertz CT molecular complexity index is 842. The normalized spacial score (nSPS) is 11.0. The Morgan fingerprint density at radius 2 is 2.00 bits per heavy atom. The number of aromatic amines is 1. The number of H-pyrrole nitrogens is 1. The van der Waals surface area contributed by atoms with Crippen LogP contribution in [0.1, 0.15) is 5.56 Å². The lowest BCUT2D eigenvalue weighted by Crippen LogP contribution is -2.29. The molecule has 0 spiro atoms. The zero-order valence-electron chi connectivity index (χ0n) is 10.8. The van der Waals surface area contributed by atoms with Crippen LogP contribution in [-0.2, 0) is 6.54 Å². The first kappa shape index (κ1) is 13.5. The Morgan fingerprint density at radius 3 is 2.67 bits per heavy atom. The average molecular weight is 287 g/mol. The van der Waals surface area contributed by atoms with Crippen LogP contribution in [0.2, 0.25) is 0 Å². The maximum Gasteiger partial charge on any atom is 0.488 e. The van der Waals surface area contributed by atoms with Crippen LogP contribution < -0.4 is 11.0 Å². The summed E-state index contributed by atoms with van der Waals surface area (Å²) in [6.07, 6.45) is 2.45. The van der Waals surface area contributed by atoms with Gasteiger partial charge in [-0.3, -0.25) is 4.79 Å². The fourth-order valence-corrected chi connectivity index (χ4v) is 2.20. The van der Waals surface area contributed by atoms with E-state index in [1.54, 1.807) is 24.3 Å². The van der Waals surface area contributed by atoms with E-state index >= 15 is 0 Å². The Balaban J connectivity index is 1.99. The van der Waals surface area contributed by atoms with Gasteiger partial charge in [0.15, 0.2) is 11.5 Å². The van der Waals surface area contributed by atoms with E-state index in [4.69, 9.17) is 10.0 Å². The molecule has 2 aromatic heterocycles. The zero-order chi connectivity index (χ0) is 15.0. The second-order valence-electron chi connectivity index (χ2n) is 4.65. The van der Waals surface area contributed by atoms with Crippen LogP contribution in [0.5, 0.6) is 0 Å². The van der Waals surface area contributed by atoms with Crippen molar-refractivity contribution >= 4 is 23.6 Å². The van der Waals surface area contributed by atoms with E-state index < -0.39 is 18.5 Å². The van der Waals surface area contributed by atoms with Gasteiger partial charge in [-0.1, -0.05) is 24.3 Å². The van der Waals surface area contributed by atoms with Crippen LogP contribution in [0, 0.1) is 5.82 Å². The maximum absolute atomic E-state index is 13.8. The van der Waals surface area contributed by atoms with Crippen molar-refractivity contribution in [1.29, 1.82) is 0 Å². The summed E-state index contributed by atoms with van der Waals surface area (Å²) in [7, 11) is -1.52. The fourth-order valence-electron chi connectivity index (χ4n) is 2.20. The molecule has 0 aliphatic carbocycles. The molecule has 2 heterocycles. The second kappa shape index (κ2) is 5.15. The molecule has 0 aliphatic heterocycles. The van der Waals surface area contributed by atoms with E-state index in [1.165, 1.54) is 17.1 Å². The summed E-state index contributed by atoms with van der Waals surface area (Å²) in [5.41, 5.74) is 0.938. The molecule has 6 nitrogen and oxygen atoms in total. The molecule has 3 aromatic rings. The number of benzene rings is 1. The lowest BCUT2D eigenvalue weighted by molar-refractivity contribution is 0.426. The Morgan fingerprint density at radius 1 is 1.29 bits per heavy atom.